The molecule has 80 valence electrons. The Morgan fingerprint density at radius 1 is 1.29 bits per heavy atom. The van der Waals surface area contributed by atoms with Crippen molar-refractivity contribution in [1.29, 1.82) is 5.41 Å². The van der Waals surface area contributed by atoms with Crippen LogP contribution in [-0.4, -0.2) is 23.2 Å². The van der Waals surface area contributed by atoms with Crippen LogP contribution in [0.15, 0.2) is 0 Å². The zero-order valence-electron chi connectivity index (χ0n) is 9.01. The van der Waals surface area contributed by atoms with E-state index in [9.17, 15) is 4.79 Å². The zero-order chi connectivity index (χ0) is 10.4. The van der Waals surface area contributed by atoms with Crippen LogP contribution >= 0.6 is 0 Å². The first kappa shape index (κ1) is 11.2. The van der Waals surface area contributed by atoms with E-state index in [-0.39, 0.29) is 5.91 Å². The van der Waals surface area contributed by atoms with Gasteiger partial charge in [-0.2, -0.15) is 0 Å². The highest BCUT2D eigenvalue weighted by Gasteiger charge is 2.18. The molecule has 3 heteroatoms. The highest BCUT2D eigenvalue weighted by atomic mass is 16.2. The first-order valence-corrected chi connectivity index (χ1v) is 5.63. The summed E-state index contributed by atoms with van der Waals surface area (Å²) < 4.78 is 0. The molecular weight excluding hydrogens is 176 g/mol. The average molecular weight is 196 g/mol. The normalized spacial score (nSPS) is 19.4. The summed E-state index contributed by atoms with van der Waals surface area (Å²) in [7, 11) is 0. The van der Waals surface area contributed by atoms with Crippen LogP contribution in [0.5, 0.6) is 0 Å². The predicted molar refractivity (Wildman–Crippen MR) is 57.4 cm³/mol. The van der Waals surface area contributed by atoms with Gasteiger partial charge in [0, 0.05) is 19.4 Å². The molecule has 0 saturated carbocycles. The molecule has 1 aliphatic rings. The Kier molecular flexibility index (Phi) is 4.63. The lowest BCUT2D eigenvalue weighted by atomic mass is 10.1. The highest BCUT2D eigenvalue weighted by Crippen LogP contribution is 2.13. The van der Waals surface area contributed by atoms with E-state index in [2.05, 4.69) is 6.92 Å². The lowest BCUT2D eigenvalue weighted by Gasteiger charge is -2.25. The number of hydrogen-bond donors (Lipinski definition) is 1. The van der Waals surface area contributed by atoms with Crippen LogP contribution < -0.4 is 0 Å². The maximum absolute atomic E-state index is 11.7. The molecule has 0 aromatic carbocycles. The van der Waals surface area contributed by atoms with E-state index in [0.29, 0.717) is 12.3 Å². The Hall–Kier alpha value is -0.860. The zero-order valence-corrected chi connectivity index (χ0v) is 9.01. The molecule has 0 aromatic rings. The maximum atomic E-state index is 11.7. The molecule has 0 atom stereocenters. The van der Waals surface area contributed by atoms with Crippen molar-refractivity contribution in [3.05, 3.63) is 0 Å². The van der Waals surface area contributed by atoms with Gasteiger partial charge in [0.05, 0.1) is 0 Å². The molecule has 1 amide bonds. The largest absolute Gasteiger partial charge is 0.301 e. The second kappa shape index (κ2) is 5.78. The Morgan fingerprint density at radius 3 is 2.71 bits per heavy atom. The summed E-state index contributed by atoms with van der Waals surface area (Å²) >= 11 is 0. The first-order valence-electron chi connectivity index (χ1n) is 5.63. The molecule has 1 N–H and O–H groups in total. The van der Waals surface area contributed by atoms with Gasteiger partial charge in [0.1, 0.15) is 5.84 Å². The number of unbranched alkanes of at least 4 members (excludes halogenated alkanes) is 1. The number of carbonyl (C=O) groups is 1. The van der Waals surface area contributed by atoms with Gasteiger partial charge in [0.25, 0.3) is 0 Å². The average Bonchev–Trinajstić information content (AvgIpc) is 2.15. The van der Waals surface area contributed by atoms with E-state index in [4.69, 9.17) is 5.41 Å². The summed E-state index contributed by atoms with van der Waals surface area (Å²) in [4.78, 5) is 13.4. The molecular formula is C11H20N2O. The van der Waals surface area contributed by atoms with E-state index in [0.717, 1.165) is 45.1 Å². The lowest BCUT2D eigenvalue weighted by Crippen LogP contribution is -2.37. The molecule has 1 saturated heterocycles. The number of amides is 1. The number of rotatable bonds is 3. The molecule has 0 aromatic heterocycles. The van der Waals surface area contributed by atoms with Crippen molar-refractivity contribution in [2.75, 3.05) is 6.54 Å². The summed E-state index contributed by atoms with van der Waals surface area (Å²) in [5.74, 6) is 0.686. The fourth-order valence-electron chi connectivity index (χ4n) is 1.74. The lowest BCUT2D eigenvalue weighted by molar-refractivity contribution is -0.127. The third-order valence-corrected chi connectivity index (χ3v) is 2.67. The first-order chi connectivity index (χ1) is 6.75. The molecule has 0 spiro atoms. The van der Waals surface area contributed by atoms with Gasteiger partial charge in [-0.1, -0.05) is 19.8 Å². The molecule has 1 rings (SSSR count). The maximum Gasteiger partial charge on any atom is 0.227 e. The fourth-order valence-corrected chi connectivity index (χ4v) is 1.74. The third-order valence-electron chi connectivity index (χ3n) is 2.67. The Morgan fingerprint density at radius 2 is 2.00 bits per heavy atom. The van der Waals surface area contributed by atoms with Crippen molar-refractivity contribution in [3.63, 3.8) is 0 Å². The summed E-state index contributed by atoms with van der Waals surface area (Å²) in [6, 6.07) is 0. The van der Waals surface area contributed by atoms with Crippen LogP contribution in [-0.2, 0) is 4.79 Å². The van der Waals surface area contributed by atoms with Crippen molar-refractivity contribution in [2.24, 2.45) is 0 Å². The molecule has 0 bridgehead atoms. The minimum atomic E-state index is 0.156. The summed E-state index contributed by atoms with van der Waals surface area (Å²) in [5.41, 5.74) is 0. The van der Waals surface area contributed by atoms with Gasteiger partial charge in [-0.15, -0.1) is 0 Å². The minimum Gasteiger partial charge on any atom is -0.301 e. The molecule has 0 aliphatic carbocycles. The van der Waals surface area contributed by atoms with Crippen molar-refractivity contribution < 1.29 is 4.79 Å². The number of nitrogens with one attached hydrogen (secondary N) is 1. The number of likely N-dealkylation sites (tertiary alicyclic amines) is 1. The third kappa shape index (κ3) is 3.13. The van der Waals surface area contributed by atoms with Crippen LogP contribution in [0.4, 0.5) is 0 Å². The Labute approximate surface area is 86.0 Å². The number of carbonyl (C=O) groups excluding carboxylic acids is 1. The summed E-state index contributed by atoms with van der Waals surface area (Å²) in [6.07, 6.45) is 6.64. The smallest absolute Gasteiger partial charge is 0.227 e. The van der Waals surface area contributed by atoms with Crippen LogP contribution in [0.2, 0.25) is 0 Å². The van der Waals surface area contributed by atoms with Crippen LogP contribution in [0.3, 0.4) is 0 Å². The molecule has 1 aliphatic heterocycles. The summed E-state index contributed by atoms with van der Waals surface area (Å²) in [5, 5.41) is 7.80. The van der Waals surface area contributed by atoms with E-state index in [1.54, 1.807) is 4.90 Å². The van der Waals surface area contributed by atoms with Crippen molar-refractivity contribution in [1.82, 2.24) is 4.90 Å². The quantitative estimate of drug-likeness (QED) is 0.740. The van der Waals surface area contributed by atoms with Crippen molar-refractivity contribution in [2.45, 2.75) is 51.9 Å². The van der Waals surface area contributed by atoms with Crippen molar-refractivity contribution >= 4 is 11.7 Å². The SMILES string of the molecule is CCCCN1C(=N)CCCCCC1=O. The van der Waals surface area contributed by atoms with Gasteiger partial charge in [-0.05, 0) is 19.3 Å². The van der Waals surface area contributed by atoms with Gasteiger partial charge < -0.3 is 4.90 Å². The number of amidine groups is 1. The van der Waals surface area contributed by atoms with E-state index >= 15 is 0 Å². The minimum absolute atomic E-state index is 0.156. The standard InChI is InChI=1S/C11H20N2O/c1-2-3-9-13-10(12)7-5-4-6-8-11(13)14/h12H,2-9H2,1H3. The molecule has 14 heavy (non-hydrogen) atoms. The second-order valence-corrected chi connectivity index (χ2v) is 3.91. The Bertz CT molecular complexity index is 195. The second-order valence-electron chi connectivity index (χ2n) is 3.91. The molecule has 0 unspecified atom stereocenters. The summed E-state index contributed by atoms with van der Waals surface area (Å²) in [6.45, 7) is 2.85. The van der Waals surface area contributed by atoms with Crippen LogP contribution in [0.25, 0.3) is 0 Å². The number of nitrogens with zero attached hydrogens (tertiary/aromatic N) is 1. The van der Waals surface area contributed by atoms with Crippen LogP contribution in [0.1, 0.15) is 51.9 Å². The predicted octanol–water partition coefficient (Wildman–Crippen LogP) is 2.56. The Balaban J connectivity index is 2.53. The number of hydrogen-bond acceptors (Lipinski definition) is 2. The topological polar surface area (TPSA) is 44.2 Å². The fraction of sp³-hybridized carbons (Fsp3) is 0.818. The van der Waals surface area contributed by atoms with Crippen molar-refractivity contribution in [3.8, 4) is 0 Å². The van der Waals surface area contributed by atoms with Gasteiger partial charge in [-0.25, -0.2) is 0 Å². The van der Waals surface area contributed by atoms with Crippen LogP contribution in [0, 0.1) is 5.41 Å². The van der Waals surface area contributed by atoms with Gasteiger partial charge in [-0.3, -0.25) is 10.2 Å². The van der Waals surface area contributed by atoms with E-state index in [1.165, 1.54) is 0 Å². The van der Waals surface area contributed by atoms with E-state index < -0.39 is 0 Å². The molecule has 1 heterocycles. The molecule has 1 fully saturated rings. The molecule has 0 radical (unpaired) electrons. The van der Waals surface area contributed by atoms with Gasteiger partial charge in [0.2, 0.25) is 5.91 Å². The van der Waals surface area contributed by atoms with E-state index in [1.807, 2.05) is 0 Å². The van der Waals surface area contributed by atoms with Gasteiger partial charge >= 0.3 is 0 Å². The monoisotopic (exact) mass is 196 g/mol. The molecule has 3 nitrogen and oxygen atoms in total. The highest BCUT2D eigenvalue weighted by molar-refractivity contribution is 5.96. The van der Waals surface area contributed by atoms with Gasteiger partial charge in [0.15, 0.2) is 0 Å².